The van der Waals surface area contributed by atoms with Gasteiger partial charge in [0, 0.05) is 11.1 Å². The van der Waals surface area contributed by atoms with Crippen molar-refractivity contribution in [1.29, 1.82) is 0 Å². The van der Waals surface area contributed by atoms with Crippen LogP contribution in [-0.2, 0) is 0 Å². The molecule has 100 valence electrons. The molecule has 3 rings (SSSR count). The van der Waals surface area contributed by atoms with Gasteiger partial charge < -0.3 is 10.1 Å². The van der Waals surface area contributed by atoms with Crippen LogP contribution in [-0.4, -0.2) is 26.0 Å². The molecule has 0 aliphatic carbocycles. The van der Waals surface area contributed by atoms with Crippen LogP contribution in [0.2, 0.25) is 0 Å². The number of aromatic carboxylic acids is 1. The van der Waals surface area contributed by atoms with Crippen LogP contribution in [0.5, 0.6) is 0 Å². The van der Waals surface area contributed by atoms with Crippen molar-refractivity contribution in [2.75, 3.05) is 0 Å². The molecular weight excluding hydrogens is 274 g/mol. The van der Waals surface area contributed by atoms with Gasteiger partial charge in [0.2, 0.25) is 0 Å². The molecular formula is C14H11N3O2S. The minimum atomic E-state index is -1.03. The third-order valence-corrected chi connectivity index (χ3v) is 3.66. The van der Waals surface area contributed by atoms with Crippen LogP contribution in [0.3, 0.4) is 0 Å². The number of rotatable bonds is 3. The van der Waals surface area contributed by atoms with Gasteiger partial charge in [0.15, 0.2) is 5.16 Å². The zero-order valence-corrected chi connectivity index (χ0v) is 11.4. The average Bonchev–Trinajstić information content (AvgIpc) is 2.80. The highest BCUT2D eigenvalue weighted by molar-refractivity contribution is 7.99. The highest BCUT2D eigenvalue weighted by Gasteiger charge is 2.08. The van der Waals surface area contributed by atoms with Crippen molar-refractivity contribution in [3.05, 3.63) is 47.8 Å². The minimum absolute atomic E-state index is 0.0296. The predicted molar refractivity (Wildman–Crippen MR) is 76.2 cm³/mol. The van der Waals surface area contributed by atoms with E-state index in [1.807, 2.05) is 25.1 Å². The second kappa shape index (κ2) is 4.97. The van der Waals surface area contributed by atoms with Gasteiger partial charge in [-0.05, 0) is 36.8 Å². The number of carbonyl (C=O) groups is 1. The van der Waals surface area contributed by atoms with E-state index in [9.17, 15) is 4.79 Å². The first kappa shape index (κ1) is 12.7. The molecule has 0 saturated carbocycles. The maximum atomic E-state index is 10.9. The molecule has 3 aromatic rings. The van der Waals surface area contributed by atoms with E-state index in [2.05, 4.69) is 15.0 Å². The summed E-state index contributed by atoms with van der Waals surface area (Å²) in [6.07, 6.45) is 1.48. The number of aryl methyl sites for hydroxylation is 1. The van der Waals surface area contributed by atoms with E-state index in [0.717, 1.165) is 26.6 Å². The van der Waals surface area contributed by atoms with Crippen molar-refractivity contribution in [2.45, 2.75) is 17.0 Å². The van der Waals surface area contributed by atoms with Gasteiger partial charge in [0.25, 0.3) is 0 Å². The molecule has 2 aromatic heterocycles. The number of pyridine rings is 1. The van der Waals surface area contributed by atoms with Gasteiger partial charge in [-0.2, -0.15) is 0 Å². The largest absolute Gasteiger partial charge is 0.477 e. The number of hydrogen-bond donors (Lipinski definition) is 2. The normalized spacial score (nSPS) is 10.8. The molecule has 5 nitrogen and oxygen atoms in total. The summed E-state index contributed by atoms with van der Waals surface area (Å²) < 4.78 is 0. The molecule has 0 radical (unpaired) electrons. The Balaban J connectivity index is 1.92. The van der Waals surface area contributed by atoms with E-state index in [1.165, 1.54) is 24.0 Å². The molecule has 0 atom stereocenters. The Morgan fingerprint density at radius 3 is 2.95 bits per heavy atom. The number of aromatic nitrogens is 3. The molecule has 0 amide bonds. The van der Waals surface area contributed by atoms with Crippen LogP contribution in [0.1, 0.15) is 16.1 Å². The van der Waals surface area contributed by atoms with Gasteiger partial charge in [-0.15, -0.1) is 0 Å². The number of aromatic amines is 1. The number of benzene rings is 1. The topological polar surface area (TPSA) is 78.9 Å². The smallest absolute Gasteiger partial charge is 0.354 e. The lowest BCUT2D eigenvalue weighted by Gasteiger charge is -1.98. The van der Waals surface area contributed by atoms with Crippen LogP contribution in [0.25, 0.3) is 11.0 Å². The van der Waals surface area contributed by atoms with E-state index in [0.29, 0.717) is 0 Å². The third-order valence-electron chi connectivity index (χ3n) is 2.78. The van der Waals surface area contributed by atoms with E-state index < -0.39 is 5.97 Å². The van der Waals surface area contributed by atoms with Crippen LogP contribution in [0, 0.1) is 6.92 Å². The summed E-state index contributed by atoms with van der Waals surface area (Å²) in [5, 5.41) is 9.65. The summed E-state index contributed by atoms with van der Waals surface area (Å²) in [4.78, 5) is 23.1. The fraction of sp³-hybridized carbons (Fsp3) is 0.0714. The third kappa shape index (κ3) is 2.50. The summed E-state index contributed by atoms with van der Waals surface area (Å²) in [5.41, 5.74) is 3.06. The monoisotopic (exact) mass is 285 g/mol. The first-order valence-electron chi connectivity index (χ1n) is 5.95. The maximum Gasteiger partial charge on any atom is 0.354 e. The van der Waals surface area contributed by atoms with E-state index in [1.54, 1.807) is 6.07 Å². The quantitative estimate of drug-likeness (QED) is 0.773. The summed E-state index contributed by atoms with van der Waals surface area (Å²) in [6, 6.07) is 9.29. The molecule has 2 N–H and O–H groups in total. The van der Waals surface area contributed by atoms with Gasteiger partial charge in [-0.1, -0.05) is 17.8 Å². The summed E-state index contributed by atoms with van der Waals surface area (Å²) in [7, 11) is 0. The van der Waals surface area contributed by atoms with E-state index >= 15 is 0 Å². The summed E-state index contributed by atoms with van der Waals surface area (Å²) in [5.74, 6) is -1.03. The van der Waals surface area contributed by atoms with Gasteiger partial charge in [0.05, 0.1) is 11.0 Å². The molecule has 0 spiro atoms. The summed E-state index contributed by atoms with van der Waals surface area (Å²) in [6.45, 7) is 2.02. The Morgan fingerprint density at radius 2 is 2.15 bits per heavy atom. The molecule has 0 aliphatic heterocycles. The number of imidazole rings is 1. The van der Waals surface area contributed by atoms with E-state index in [4.69, 9.17) is 5.11 Å². The SMILES string of the molecule is Cc1ccc2nc(Sc3ccnc(C(=O)O)c3)[nH]c2c1. The molecule has 0 aliphatic rings. The second-order valence-corrected chi connectivity index (χ2v) is 5.41. The molecule has 2 heterocycles. The zero-order valence-electron chi connectivity index (χ0n) is 10.6. The Bertz CT molecular complexity index is 798. The Morgan fingerprint density at radius 1 is 1.30 bits per heavy atom. The van der Waals surface area contributed by atoms with Crippen molar-refractivity contribution in [3.8, 4) is 0 Å². The lowest BCUT2D eigenvalue weighted by molar-refractivity contribution is 0.0690. The molecule has 6 heteroatoms. The van der Waals surface area contributed by atoms with Crippen molar-refractivity contribution < 1.29 is 9.90 Å². The standard InChI is InChI=1S/C14H11N3O2S/c1-8-2-3-10-11(6-8)17-14(16-10)20-9-4-5-15-12(7-9)13(18)19/h2-7H,1H3,(H,16,17)(H,18,19). The number of nitrogens with zero attached hydrogens (tertiary/aromatic N) is 2. The number of nitrogens with one attached hydrogen (secondary N) is 1. The number of carboxylic acid groups (broad SMARTS) is 1. The zero-order chi connectivity index (χ0) is 14.1. The lowest BCUT2D eigenvalue weighted by atomic mass is 10.2. The number of H-pyrrole nitrogens is 1. The molecule has 20 heavy (non-hydrogen) atoms. The van der Waals surface area contributed by atoms with Gasteiger partial charge in [-0.3, -0.25) is 0 Å². The molecule has 0 saturated heterocycles. The Labute approximate surface area is 119 Å². The molecule has 1 aromatic carbocycles. The van der Waals surface area contributed by atoms with Crippen molar-refractivity contribution in [3.63, 3.8) is 0 Å². The fourth-order valence-corrected chi connectivity index (χ4v) is 2.68. The number of fused-ring (bicyclic) bond motifs is 1. The Hall–Kier alpha value is -2.34. The van der Waals surface area contributed by atoms with Crippen LogP contribution >= 0.6 is 11.8 Å². The summed E-state index contributed by atoms with van der Waals surface area (Å²) >= 11 is 1.38. The lowest BCUT2D eigenvalue weighted by Crippen LogP contribution is -1.99. The maximum absolute atomic E-state index is 10.9. The highest BCUT2D eigenvalue weighted by Crippen LogP contribution is 2.27. The minimum Gasteiger partial charge on any atom is -0.477 e. The van der Waals surface area contributed by atoms with Gasteiger partial charge in [-0.25, -0.2) is 14.8 Å². The first-order chi connectivity index (χ1) is 9.61. The van der Waals surface area contributed by atoms with Crippen molar-refractivity contribution in [2.24, 2.45) is 0 Å². The van der Waals surface area contributed by atoms with Crippen molar-refractivity contribution in [1.82, 2.24) is 15.0 Å². The van der Waals surface area contributed by atoms with Crippen LogP contribution in [0.4, 0.5) is 0 Å². The second-order valence-electron chi connectivity index (χ2n) is 4.35. The number of carboxylic acids is 1. The average molecular weight is 285 g/mol. The first-order valence-corrected chi connectivity index (χ1v) is 6.77. The van der Waals surface area contributed by atoms with Gasteiger partial charge >= 0.3 is 5.97 Å². The van der Waals surface area contributed by atoms with Gasteiger partial charge in [0.1, 0.15) is 5.69 Å². The van der Waals surface area contributed by atoms with Crippen LogP contribution in [0.15, 0.2) is 46.6 Å². The predicted octanol–water partition coefficient (Wildman–Crippen LogP) is 3.12. The molecule has 0 bridgehead atoms. The Kier molecular flexibility index (Phi) is 3.15. The highest BCUT2D eigenvalue weighted by atomic mass is 32.2. The number of hydrogen-bond acceptors (Lipinski definition) is 4. The van der Waals surface area contributed by atoms with E-state index in [-0.39, 0.29) is 5.69 Å². The van der Waals surface area contributed by atoms with Crippen LogP contribution < -0.4 is 0 Å². The molecule has 0 unspecified atom stereocenters. The molecule has 0 fully saturated rings. The fourth-order valence-electron chi connectivity index (χ4n) is 1.85. The van der Waals surface area contributed by atoms with Crippen molar-refractivity contribution >= 4 is 28.8 Å².